The van der Waals surface area contributed by atoms with E-state index in [1.165, 1.54) is 14.2 Å². The molecule has 0 bridgehead atoms. The van der Waals surface area contributed by atoms with Gasteiger partial charge in [0.05, 0.1) is 27.9 Å². The molecule has 2 aromatic rings. The van der Waals surface area contributed by atoms with E-state index in [4.69, 9.17) is 14.2 Å². The first kappa shape index (κ1) is 16.3. The average Bonchev–Trinajstić information content (AvgIpc) is 2.59. The van der Waals surface area contributed by atoms with Crippen LogP contribution in [0.1, 0.15) is 5.82 Å². The van der Waals surface area contributed by atoms with Crippen LogP contribution in [-0.2, 0) is 6.54 Å². The molecule has 0 unspecified atom stereocenters. The molecule has 0 fully saturated rings. The van der Waals surface area contributed by atoms with E-state index in [9.17, 15) is 4.79 Å². The molecule has 0 atom stereocenters. The first-order chi connectivity index (χ1) is 11.1. The molecule has 0 saturated carbocycles. The Morgan fingerprint density at radius 3 is 2.35 bits per heavy atom. The van der Waals surface area contributed by atoms with Crippen LogP contribution in [0.2, 0.25) is 0 Å². The van der Waals surface area contributed by atoms with Crippen LogP contribution in [0.25, 0.3) is 0 Å². The standard InChI is InChI=1S/C14H17N5O4/c1-21-10-6-4-5-9(7-10)16-12(20)15-8-11-17-13(22-2)19-14(18-11)23-3/h4-7H,8H2,1-3H3,(H2,15,16,20). The zero-order valence-corrected chi connectivity index (χ0v) is 13.0. The summed E-state index contributed by atoms with van der Waals surface area (Å²) in [5.41, 5.74) is 0.604. The van der Waals surface area contributed by atoms with Crippen molar-refractivity contribution in [1.29, 1.82) is 0 Å². The molecule has 0 aliphatic heterocycles. The fourth-order valence-corrected chi connectivity index (χ4v) is 1.67. The number of amides is 2. The number of nitrogens with one attached hydrogen (secondary N) is 2. The molecule has 122 valence electrons. The summed E-state index contributed by atoms with van der Waals surface area (Å²) in [4.78, 5) is 23.8. The van der Waals surface area contributed by atoms with Gasteiger partial charge in [-0.25, -0.2) is 4.79 Å². The van der Waals surface area contributed by atoms with Crippen molar-refractivity contribution in [3.8, 4) is 17.8 Å². The van der Waals surface area contributed by atoms with Gasteiger partial charge in [-0.15, -0.1) is 4.98 Å². The Labute approximate surface area is 133 Å². The fourth-order valence-electron chi connectivity index (χ4n) is 1.67. The van der Waals surface area contributed by atoms with E-state index in [1.54, 1.807) is 31.4 Å². The molecular formula is C14H17N5O4. The summed E-state index contributed by atoms with van der Waals surface area (Å²) < 4.78 is 15.0. The average molecular weight is 319 g/mol. The maximum Gasteiger partial charge on any atom is 0.322 e. The van der Waals surface area contributed by atoms with E-state index in [2.05, 4.69) is 25.6 Å². The monoisotopic (exact) mass is 319 g/mol. The minimum atomic E-state index is -0.406. The molecule has 2 rings (SSSR count). The van der Waals surface area contributed by atoms with Crippen LogP contribution in [-0.4, -0.2) is 42.3 Å². The molecule has 2 N–H and O–H groups in total. The number of methoxy groups -OCH3 is 3. The number of ether oxygens (including phenoxy) is 3. The van der Waals surface area contributed by atoms with E-state index in [0.29, 0.717) is 17.3 Å². The maximum absolute atomic E-state index is 11.9. The SMILES string of the molecule is COc1cccc(NC(=O)NCc2nc(OC)nc(OC)n2)c1. The van der Waals surface area contributed by atoms with Gasteiger partial charge in [0.1, 0.15) is 5.75 Å². The van der Waals surface area contributed by atoms with E-state index in [1.807, 2.05) is 0 Å². The van der Waals surface area contributed by atoms with Crippen LogP contribution in [0.15, 0.2) is 24.3 Å². The molecule has 23 heavy (non-hydrogen) atoms. The Hall–Kier alpha value is -3.10. The van der Waals surface area contributed by atoms with Crippen LogP contribution in [0.4, 0.5) is 10.5 Å². The van der Waals surface area contributed by atoms with Gasteiger partial charge >= 0.3 is 18.1 Å². The third kappa shape index (κ3) is 4.70. The molecule has 1 heterocycles. The molecule has 2 amide bonds. The smallest absolute Gasteiger partial charge is 0.322 e. The minimum Gasteiger partial charge on any atom is -0.497 e. The highest BCUT2D eigenvalue weighted by Gasteiger charge is 2.09. The van der Waals surface area contributed by atoms with Crippen molar-refractivity contribution in [3.63, 3.8) is 0 Å². The van der Waals surface area contributed by atoms with Gasteiger partial charge in [-0.1, -0.05) is 6.07 Å². The number of hydrogen-bond donors (Lipinski definition) is 2. The molecule has 0 saturated heterocycles. The van der Waals surface area contributed by atoms with Gasteiger partial charge in [0.2, 0.25) is 0 Å². The first-order valence-electron chi connectivity index (χ1n) is 6.66. The number of nitrogens with zero attached hydrogens (tertiary/aromatic N) is 3. The molecule has 9 heteroatoms. The molecule has 0 spiro atoms. The Kier molecular flexibility index (Phi) is 5.50. The number of anilines is 1. The summed E-state index contributed by atoms with van der Waals surface area (Å²) in [6.45, 7) is 0.0883. The number of carbonyl (C=O) groups is 1. The Bertz CT molecular complexity index is 658. The van der Waals surface area contributed by atoms with Crippen molar-refractivity contribution < 1.29 is 19.0 Å². The Morgan fingerprint density at radius 2 is 1.74 bits per heavy atom. The van der Waals surface area contributed by atoms with E-state index >= 15 is 0 Å². The van der Waals surface area contributed by atoms with Crippen LogP contribution < -0.4 is 24.8 Å². The van der Waals surface area contributed by atoms with Crippen molar-refractivity contribution in [2.24, 2.45) is 0 Å². The molecule has 0 aliphatic rings. The quantitative estimate of drug-likeness (QED) is 0.824. The van der Waals surface area contributed by atoms with Crippen molar-refractivity contribution in [2.45, 2.75) is 6.54 Å². The molecule has 1 aromatic heterocycles. The molecule has 0 radical (unpaired) electrons. The second kappa shape index (κ2) is 7.78. The predicted molar refractivity (Wildman–Crippen MR) is 81.8 cm³/mol. The predicted octanol–water partition coefficient (Wildman–Crippen LogP) is 1.22. The van der Waals surface area contributed by atoms with Crippen molar-refractivity contribution in [3.05, 3.63) is 30.1 Å². The third-order valence-corrected chi connectivity index (χ3v) is 2.74. The number of benzene rings is 1. The minimum absolute atomic E-state index is 0.0883. The lowest BCUT2D eigenvalue weighted by atomic mass is 10.3. The largest absolute Gasteiger partial charge is 0.497 e. The van der Waals surface area contributed by atoms with Crippen molar-refractivity contribution in [1.82, 2.24) is 20.3 Å². The van der Waals surface area contributed by atoms with Gasteiger partial charge < -0.3 is 24.8 Å². The number of aromatic nitrogens is 3. The van der Waals surface area contributed by atoms with Crippen LogP contribution >= 0.6 is 0 Å². The van der Waals surface area contributed by atoms with Crippen LogP contribution in [0.3, 0.4) is 0 Å². The van der Waals surface area contributed by atoms with Gasteiger partial charge in [-0.2, -0.15) is 9.97 Å². The highest BCUT2D eigenvalue weighted by Crippen LogP contribution is 2.16. The van der Waals surface area contributed by atoms with Gasteiger partial charge in [-0.05, 0) is 12.1 Å². The topological polar surface area (TPSA) is 107 Å². The molecular weight excluding hydrogens is 302 g/mol. The van der Waals surface area contributed by atoms with Gasteiger partial charge in [0.15, 0.2) is 5.82 Å². The lowest BCUT2D eigenvalue weighted by Gasteiger charge is -2.09. The number of rotatable bonds is 6. The lowest BCUT2D eigenvalue weighted by molar-refractivity contribution is 0.251. The molecule has 9 nitrogen and oxygen atoms in total. The number of hydrogen-bond acceptors (Lipinski definition) is 7. The zero-order chi connectivity index (χ0) is 16.7. The van der Waals surface area contributed by atoms with Gasteiger partial charge in [0.25, 0.3) is 0 Å². The molecule has 0 aliphatic carbocycles. The summed E-state index contributed by atoms with van der Waals surface area (Å²) in [5.74, 6) is 0.962. The summed E-state index contributed by atoms with van der Waals surface area (Å²) in [7, 11) is 4.42. The van der Waals surface area contributed by atoms with Gasteiger partial charge in [-0.3, -0.25) is 0 Å². The first-order valence-corrected chi connectivity index (χ1v) is 6.66. The second-order valence-corrected chi connectivity index (χ2v) is 4.26. The van der Waals surface area contributed by atoms with Gasteiger partial charge in [0, 0.05) is 11.8 Å². The third-order valence-electron chi connectivity index (χ3n) is 2.74. The van der Waals surface area contributed by atoms with Crippen molar-refractivity contribution >= 4 is 11.7 Å². The summed E-state index contributed by atoms with van der Waals surface area (Å²) in [6.07, 6.45) is 0. The highest BCUT2D eigenvalue weighted by molar-refractivity contribution is 5.89. The number of carbonyl (C=O) groups excluding carboxylic acids is 1. The normalized spacial score (nSPS) is 9.87. The summed E-state index contributed by atoms with van der Waals surface area (Å²) >= 11 is 0. The second-order valence-electron chi connectivity index (χ2n) is 4.26. The number of urea groups is 1. The Morgan fingerprint density at radius 1 is 1.04 bits per heavy atom. The van der Waals surface area contributed by atoms with E-state index in [-0.39, 0.29) is 18.6 Å². The summed E-state index contributed by atoms with van der Waals surface area (Å²) in [5, 5.41) is 5.31. The van der Waals surface area contributed by atoms with Crippen LogP contribution in [0, 0.1) is 0 Å². The fraction of sp³-hybridized carbons (Fsp3) is 0.286. The van der Waals surface area contributed by atoms with Crippen LogP contribution in [0.5, 0.6) is 17.8 Å². The zero-order valence-electron chi connectivity index (χ0n) is 13.0. The lowest BCUT2D eigenvalue weighted by Crippen LogP contribution is -2.29. The van der Waals surface area contributed by atoms with Crippen molar-refractivity contribution in [2.75, 3.05) is 26.6 Å². The van der Waals surface area contributed by atoms with E-state index in [0.717, 1.165) is 0 Å². The van der Waals surface area contributed by atoms with E-state index < -0.39 is 6.03 Å². The highest BCUT2D eigenvalue weighted by atomic mass is 16.5. The maximum atomic E-state index is 11.9. The summed E-state index contributed by atoms with van der Waals surface area (Å²) in [6, 6.07) is 6.83. The molecule has 1 aromatic carbocycles. The Balaban J connectivity index is 1.96.